The van der Waals surface area contributed by atoms with E-state index >= 15 is 0 Å². The predicted octanol–water partition coefficient (Wildman–Crippen LogP) is 12.5. The van der Waals surface area contributed by atoms with Gasteiger partial charge in [0.1, 0.15) is 6.61 Å². The van der Waals surface area contributed by atoms with E-state index in [0.717, 1.165) is 51.4 Å². The van der Waals surface area contributed by atoms with E-state index in [1.807, 2.05) is 0 Å². The standard InChI is InChI=1S/C47H92NO9P/c1-6-9-11-13-15-17-19-21-23-25-27-29-31-33-35-37-46(51)55-41-43(42-56-58(53,54)44(8-3)48(4,5)40-39-45(49)50)57-47(52)38-36-34-32-30-28-26-24-22-20-18-16-14-12-10-7-2/h19,21,43-45,49-50H,6-18,20,22-42H2,1-5H3/p+1/b21-19-/t43-,44?/m1/s1. The zero-order chi connectivity index (χ0) is 43.2. The summed E-state index contributed by atoms with van der Waals surface area (Å²) in [6.45, 7) is 5.88. The third-order valence-corrected chi connectivity index (χ3v) is 13.6. The maximum absolute atomic E-state index is 13.5. The van der Waals surface area contributed by atoms with Crippen molar-refractivity contribution in [1.29, 1.82) is 0 Å². The highest BCUT2D eigenvalue weighted by molar-refractivity contribution is 7.53. The van der Waals surface area contributed by atoms with Crippen molar-refractivity contribution >= 4 is 19.5 Å². The molecule has 0 aliphatic heterocycles. The van der Waals surface area contributed by atoms with Crippen molar-refractivity contribution in [2.45, 2.75) is 244 Å². The minimum absolute atomic E-state index is 0.0377. The SMILES string of the molecule is CCCCCCC/C=C\CCCCCCCCC(=O)OC[C@H](COP(=O)(O)C(CC)[N+](C)(C)CCC(O)O)OC(=O)CCCCCCCCCCCCCCCCC. The van der Waals surface area contributed by atoms with E-state index in [4.69, 9.17) is 14.0 Å². The molecule has 58 heavy (non-hydrogen) atoms. The van der Waals surface area contributed by atoms with Crippen LogP contribution in [0.15, 0.2) is 12.2 Å². The van der Waals surface area contributed by atoms with Crippen LogP contribution >= 0.6 is 7.60 Å². The zero-order valence-corrected chi connectivity index (χ0v) is 39.2. The number of unbranched alkanes of at least 4 members (excludes halogenated alkanes) is 25. The molecule has 0 spiro atoms. The van der Waals surface area contributed by atoms with Gasteiger partial charge in [-0.3, -0.25) is 14.2 Å². The summed E-state index contributed by atoms with van der Waals surface area (Å²) >= 11 is 0. The van der Waals surface area contributed by atoms with Crippen molar-refractivity contribution < 1.29 is 47.7 Å². The molecule has 0 amide bonds. The Morgan fingerprint density at radius 3 is 1.40 bits per heavy atom. The third kappa shape index (κ3) is 34.4. The van der Waals surface area contributed by atoms with Crippen LogP contribution in [0.3, 0.4) is 0 Å². The molecule has 0 saturated carbocycles. The summed E-state index contributed by atoms with van der Waals surface area (Å²) in [7, 11) is -0.766. The highest BCUT2D eigenvalue weighted by atomic mass is 31.2. The number of quaternary nitrogens is 1. The van der Waals surface area contributed by atoms with Crippen LogP contribution in [0, 0.1) is 0 Å². The summed E-state index contributed by atoms with van der Waals surface area (Å²) in [5, 5.41) is 18.8. The van der Waals surface area contributed by atoms with E-state index in [-0.39, 0.29) is 49.5 Å². The van der Waals surface area contributed by atoms with Crippen LogP contribution < -0.4 is 0 Å². The first kappa shape index (κ1) is 56.7. The number of aliphatic hydroxyl groups is 2. The first-order valence-corrected chi connectivity index (χ1v) is 25.7. The van der Waals surface area contributed by atoms with Gasteiger partial charge >= 0.3 is 19.5 Å². The normalized spacial score (nSPS) is 14.2. The van der Waals surface area contributed by atoms with Gasteiger partial charge < -0.3 is 33.6 Å². The summed E-state index contributed by atoms with van der Waals surface area (Å²) in [4.78, 5) is 36.6. The Balaban J connectivity index is 4.69. The third-order valence-electron chi connectivity index (χ3n) is 11.3. The van der Waals surface area contributed by atoms with Crippen LogP contribution in [0.1, 0.15) is 226 Å². The van der Waals surface area contributed by atoms with Crippen molar-refractivity contribution in [3.8, 4) is 0 Å². The van der Waals surface area contributed by atoms with Crippen molar-refractivity contribution in [2.24, 2.45) is 0 Å². The van der Waals surface area contributed by atoms with Gasteiger partial charge in [0.05, 0.1) is 27.2 Å². The Labute approximate surface area is 356 Å². The number of esters is 2. The van der Waals surface area contributed by atoms with Crippen molar-refractivity contribution in [3.63, 3.8) is 0 Å². The molecule has 344 valence electrons. The number of allylic oxidation sites excluding steroid dienone is 2. The smallest absolute Gasteiger partial charge is 0.385 e. The Morgan fingerprint density at radius 2 is 0.983 bits per heavy atom. The van der Waals surface area contributed by atoms with Gasteiger partial charge in [-0.2, -0.15) is 0 Å². The highest BCUT2D eigenvalue weighted by Crippen LogP contribution is 2.52. The highest BCUT2D eigenvalue weighted by Gasteiger charge is 2.44. The summed E-state index contributed by atoms with van der Waals surface area (Å²) in [6.07, 6.45) is 36.6. The van der Waals surface area contributed by atoms with Crippen LogP contribution in [0.5, 0.6) is 0 Å². The fraction of sp³-hybridized carbons (Fsp3) is 0.915. The summed E-state index contributed by atoms with van der Waals surface area (Å²) in [5.74, 6) is -1.67. The lowest BCUT2D eigenvalue weighted by Gasteiger charge is -2.39. The Bertz CT molecular complexity index is 1040. The van der Waals surface area contributed by atoms with Gasteiger partial charge in [-0.1, -0.05) is 174 Å². The molecule has 0 fully saturated rings. The molecular weight excluding hydrogens is 753 g/mol. The van der Waals surface area contributed by atoms with E-state index in [1.54, 1.807) is 21.0 Å². The molecule has 0 aromatic rings. The molecule has 2 unspecified atom stereocenters. The van der Waals surface area contributed by atoms with Gasteiger partial charge in [-0.25, -0.2) is 0 Å². The van der Waals surface area contributed by atoms with Gasteiger partial charge in [-0.15, -0.1) is 0 Å². The molecule has 0 aliphatic rings. The fourth-order valence-corrected chi connectivity index (χ4v) is 9.51. The number of nitrogens with zero attached hydrogens (tertiary/aromatic N) is 1. The maximum Gasteiger partial charge on any atom is 0.385 e. The van der Waals surface area contributed by atoms with Gasteiger partial charge in [-0.05, 0) is 38.5 Å². The second kappa shape index (κ2) is 38.6. The molecule has 11 heteroatoms. The molecule has 0 rings (SSSR count). The molecule has 0 bridgehead atoms. The quantitative estimate of drug-likeness (QED) is 0.0137. The molecule has 0 aromatic carbocycles. The van der Waals surface area contributed by atoms with Crippen molar-refractivity contribution in [3.05, 3.63) is 12.2 Å². The van der Waals surface area contributed by atoms with Gasteiger partial charge in [0, 0.05) is 25.7 Å². The number of carbonyl (C=O) groups excluding carboxylic acids is 2. The Morgan fingerprint density at radius 1 is 0.586 bits per heavy atom. The van der Waals surface area contributed by atoms with E-state index < -0.39 is 31.7 Å². The Kier molecular flexibility index (Phi) is 37.8. The van der Waals surface area contributed by atoms with Crippen molar-refractivity contribution in [2.75, 3.05) is 33.9 Å². The lowest BCUT2D eigenvalue weighted by Crippen LogP contribution is -2.50. The monoisotopic (exact) mass is 847 g/mol. The predicted molar refractivity (Wildman–Crippen MR) is 240 cm³/mol. The molecular formula is C47H93NO9P+. The van der Waals surface area contributed by atoms with Gasteiger partial charge in [0.15, 0.2) is 18.2 Å². The molecule has 0 heterocycles. The van der Waals surface area contributed by atoms with Crippen molar-refractivity contribution in [1.82, 2.24) is 0 Å². The van der Waals surface area contributed by atoms with Gasteiger partial charge in [0.2, 0.25) is 0 Å². The number of hydrogen-bond acceptors (Lipinski definition) is 8. The molecule has 0 radical (unpaired) electrons. The van der Waals surface area contributed by atoms with Crippen LogP contribution in [0.2, 0.25) is 0 Å². The maximum atomic E-state index is 13.5. The molecule has 0 aromatic heterocycles. The summed E-state index contributed by atoms with van der Waals surface area (Å²) in [5.41, 5.74) is 0. The lowest BCUT2D eigenvalue weighted by molar-refractivity contribution is -0.903. The van der Waals surface area contributed by atoms with E-state index in [0.29, 0.717) is 12.8 Å². The minimum Gasteiger partial charge on any atom is -0.462 e. The first-order chi connectivity index (χ1) is 27.9. The number of carbonyl (C=O) groups is 2. The molecule has 0 saturated heterocycles. The average Bonchev–Trinajstić information content (AvgIpc) is 3.18. The van der Waals surface area contributed by atoms with Gasteiger partial charge in [0.25, 0.3) is 0 Å². The second-order valence-corrected chi connectivity index (χ2v) is 19.3. The molecule has 10 nitrogen and oxygen atoms in total. The summed E-state index contributed by atoms with van der Waals surface area (Å²) < 4.78 is 30.3. The average molecular weight is 847 g/mol. The number of rotatable bonds is 43. The Hall–Kier alpha value is -1.29. The summed E-state index contributed by atoms with van der Waals surface area (Å²) in [6, 6.07) is 0. The minimum atomic E-state index is -4.26. The van der Waals surface area contributed by atoms with Crippen LogP contribution in [0.25, 0.3) is 0 Å². The van der Waals surface area contributed by atoms with E-state index in [2.05, 4.69) is 26.0 Å². The first-order valence-electron chi connectivity index (χ1n) is 24.0. The molecule has 0 aliphatic carbocycles. The largest absolute Gasteiger partial charge is 0.462 e. The number of aliphatic hydroxyl groups excluding tert-OH is 1. The fourth-order valence-electron chi connectivity index (χ4n) is 7.59. The zero-order valence-electron chi connectivity index (χ0n) is 38.3. The number of hydrogen-bond donors (Lipinski definition) is 3. The van der Waals surface area contributed by atoms with E-state index in [1.165, 1.54) is 122 Å². The topological polar surface area (TPSA) is 140 Å². The molecule has 3 N–H and O–H groups in total. The number of ether oxygens (including phenoxy) is 2. The lowest BCUT2D eigenvalue weighted by atomic mass is 10.0. The second-order valence-electron chi connectivity index (χ2n) is 17.3. The van der Waals surface area contributed by atoms with Crippen LogP contribution in [-0.2, 0) is 28.2 Å². The van der Waals surface area contributed by atoms with E-state index in [9.17, 15) is 29.3 Å². The van der Waals surface area contributed by atoms with Crippen LogP contribution in [-0.4, -0.2) is 83.6 Å². The molecule has 3 atom stereocenters. The van der Waals surface area contributed by atoms with Crippen LogP contribution in [0.4, 0.5) is 0 Å².